The van der Waals surface area contributed by atoms with Crippen LogP contribution in [0.5, 0.6) is 0 Å². The Bertz CT molecular complexity index is 622. The molecule has 0 radical (unpaired) electrons. The Morgan fingerprint density at radius 2 is 2.11 bits per heavy atom. The largest absolute Gasteiger partial charge is 0.350 e. The molecule has 1 atom stereocenters. The Kier molecular flexibility index (Phi) is 3.04. The second-order valence-corrected chi connectivity index (χ2v) is 5.51. The molecule has 1 fully saturated rings. The molecule has 0 unspecified atom stereocenters. The van der Waals surface area contributed by atoms with Crippen LogP contribution >= 0.6 is 23.6 Å². The first-order chi connectivity index (χ1) is 9.16. The van der Waals surface area contributed by atoms with Gasteiger partial charge in [-0.15, -0.1) is 11.3 Å². The van der Waals surface area contributed by atoms with Gasteiger partial charge >= 0.3 is 0 Å². The third kappa shape index (κ3) is 2.13. The number of thiocarbonyl (C=S) groups is 1. The van der Waals surface area contributed by atoms with Crippen LogP contribution in [0.25, 0.3) is 10.6 Å². The van der Waals surface area contributed by atoms with Crippen molar-refractivity contribution in [1.29, 1.82) is 0 Å². The smallest absolute Gasteiger partial charge is 0.255 e. The maximum absolute atomic E-state index is 12.0. The summed E-state index contributed by atoms with van der Waals surface area (Å²) >= 11 is 6.76. The maximum Gasteiger partial charge on any atom is 0.255 e. The molecule has 0 saturated carbocycles. The van der Waals surface area contributed by atoms with E-state index >= 15 is 0 Å². The van der Waals surface area contributed by atoms with Crippen molar-refractivity contribution in [1.82, 2.24) is 10.3 Å². The molecular weight excluding hydrogens is 278 g/mol. The van der Waals surface area contributed by atoms with Crippen LogP contribution in [0, 0.1) is 0 Å². The molecule has 2 heterocycles. The highest BCUT2D eigenvalue weighted by molar-refractivity contribution is 7.80. The molecular formula is C13H11N3OS2. The molecule has 0 spiro atoms. The van der Waals surface area contributed by atoms with E-state index in [0.29, 0.717) is 5.11 Å². The van der Waals surface area contributed by atoms with E-state index in [4.69, 9.17) is 12.2 Å². The zero-order valence-electron chi connectivity index (χ0n) is 10.2. The highest BCUT2D eigenvalue weighted by Gasteiger charge is 2.33. The van der Waals surface area contributed by atoms with E-state index in [-0.39, 0.29) is 11.9 Å². The molecule has 19 heavy (non-hydrogen) atoms. The average Bonchev–Trinajstić information content (AvgIpc) is 3.00. The number of hydrogen-bond acceptors (Lipinski definition) is 4. The molecule has 1 aromatic heterocycles. The number of rotatable bonds is 2. The van der Waals surface area contributed by atoms with E-state index in [1.807, 2.05) is 29.6 Å². The van der Waals surface area contributed by atoms with Gasteiger partial charge in [-0.3, -0.25) is 9.69 Å². The van der Waals surface area contributed by atoms with Crippen molar-refractivity contribution in [2.75, 3.05) is 4.90 Å². The number of aromatic nitrogens is 1. The lowest BCUT2D eigenvalue weighted by Crippen LogP contribution is -2.30. The van der Waals surface area contributed by atoms with E-state index in [2.05, 4.69) is 10.3 Å². The number of amides is 1. The van der Waals surface area contributed by atoms with Crippen LogP contribution in [-0.2, 0) is 4.79 Å². The number of hydrogen-bond donors (Lipinski definition) is 1. The molecule has 1 saturated heterocycles. The maximum atomic E-state index is 12.0. The van der Waals surface area contributed by atoms with Gasteiger partial charge in [-0.2, -0.15) is 0 Å². The summed E-state index contributed by atoms with van der Waals surface area (Å²) in [5.41, 5.74) is 1.82. The Morgan fingerprint density at radius 3 is 2.63 bits per heavy atom. The Morgan fingerprint density at radius 1 is 1.37 bits per heavy atom. The van der Waals surface area contributed by atoms with Crippen molar-refractivity contribution in [3.05, 3.63) is 35.8 Å². The lowest BCUT2D eigenvalue weighted by molar-refractivity contribution is -0.117. The first kappa shape index (κ1) is 12.3. The standard InChI is InChI=1S/C13H11N3OS2/c1-8-12(17)16(13(18)15-8)10-4-2-9(3-5-10)11-14-6-7-19-11/h2-8H,1H3,(H,15,18)/t8-/m1/s1. The summed E-state index contributed by atoms with van der Waals surface area (Å²) in [6, 6.07) is 7.42. The number of benzene rings is 1. The molecule has 1 aromatic carbocycles. The van der Waals surface area contributed by atoms with E-state index in [1.165, 1.54) is 4.90 Å². The number of carbonyl (C=O) groups excluding carboxylic acids is 1. The molecule has 4 nitrogen and oxygen atoms in total. The van der Waals surface area contributed by atoms with Crippen molar-refractivity contribution in [3.63, 3.8) is 0 Å². The fourth-order valence-electron chi connectivity index (χ4n) is 1.97. The summed E-state index contributed by atoms with van der Waals surface area (Å²) in [7, 11) is 0. The van der Waals surface area contributed by atoms with Gasteiger partial charge in [0.1, 0.15) is 11.0 Å². The minimum Gasteiger partial charge on any atom is -0.350 e. The second-order valence-electron chi connectivity index (χ2n) is 4.23. The van der Waals surface area contributed by atoms with Crippen LogP contribution in [-0.4, -0.2) is 22.0 Å². The number of nitrogens with zero attached hydrogens (tertiary/aromatic N) is 2. The molecule has 96 valence electrons. The second kappa shape index (κ2) is 4.71. The quantitative estimate of drug-likeness (QED) is 0.862. The van der Waals surface area contributed by atoms with Crippen molar-refractivity contribution >= 4 is 40.3 Å². The molecule has 0 aliphatic carbocycles. The van der Waals surface area contributed by atoms with Gasteiger partial charge in [-0.05, 0) is 43.4 Å². The van der Waals surface area contributed by atoms with Crippen molar-refractivity contribution < 1.29 is 4.79 Å². The first-order valence-corrected chi connectivity index (χ1v) is 7.10. The van der Waals surface area contributed by atoms with Crippen LogP contribution in [0.15, 0.2) is 35.8 Å². The van der Waals surface area contributed by atoms with Crippen molar-refractivity contribution in [3.8, 4) is 10.6 Å². The van der Waals surface area contributed by atoms with E-state index in [0.717, 1.165) is 16.3 Å². The topological polar surface area (TPSA) is 45.2 Å². The third-order valence-corrected chi connectivity index (χ3v) is 4.06. The Balaban J connectivity index is 1.91. The summed E-state index contributed by atoms with van der Waals surface area (Å²) in [5, 5.41) is 6.32. The van der Waals surface area contributed by atoms with Gasteiger partial charge in [0.05, 0.1) is 5.69 Å². The summed E-state index contributed by atoms with van der Waals surface area (Å²) in [6.45, 7) is 1.80. The van der Waals surface area contributed by atoms with Crippen molar-refractivity contribution in [2.24, 2.45) is 0 Å². The predicted octanol–water partition coefficient (Wildman–Crippen LogP) is 2.42. The van der Waals surface area contributed by atoms with Gasteiger partial charge in [0.2, 0.25) is 0 Å². The monoisotopic (exact) mass is 289 g/mol. The van der Waals surface area contributed by atoms with Crippen LogP contribution in [0.1, 0.15) is 6.92 Å². The average molecular weight is 289 g/mol. The van der Waals surface area contributed by atoms with Crippen LogP contribution in [0.4, 0.5) is 5.69 Å². The highest BCUT2D eigenvalue weighted by atomic mass is 32.1. The number of carbonyl (C=O) groups is 1. The first-order valence-electron chi connectivity index (χ1n) is 5.81. The summed E-state index contributed by atoms with van der Waals surface area (Å²) in [5.74, 6) is -0.0213. The molecule has 2 aromatic rings. The summed E-state index contributed by atoms with van der Waals surface area (Å²) in [6.07, 6.45) is 1.78. The van der Waals surface area contributed by atoms with Gasteiger partial charge in [0.25, 0.3) is 5.91 Å². The number of nitrogens with one attached hydrogen (secondary N) is 1. The van der Waals surface area contributed by atoms with Gasteiger partial charge in [-0.25, -0.2) is 4.98 Å². The fourth-order valence-corrected chi connectivity index (χ4v) is 2.99. The fraction of sp³-hybridized carbons (Fsp3) is 0.154. The summed E-state index contributed by atoms with van der Waals surface area (Å²) in [4.78, 5) is 17.8. The number of anilines is 1. The number of thiazole rings is 1. The zero-order chi connectivity index (χ0) is 13.4. The normalized spacial score (nSPS) is 18.8. The predicted molar refractivity (Wildman–Crippen MR) is 80.2 cm³/mol. The van der Waals surface area contributed by atoms with Gasteiger partial charge in [-0.1, -0.05) is 0 Å². The molecule has 3 rings (SSSR count). The molecule has 1 aliphatic rings. The zero-order valence-corrected chi connectivity index (χ0v) is 11.8. The molecule has 0 bridgehead atoms. The van der Waals surface area contributed by atoms with Crippen LogP contribution < -0.4 is 10.2 Å². The Hall–Kier alpha value is -1.79. The van der Waals surface area contributed by atoms with Gasteiger partial charge < -0.3 is 5.32 Å². The van der Waals surface area contributed by atoms with Crippen LogP contribution in [0.3, 0.4) is 0 Å². The van der Waals surface area contributed by atoms with E-state index < -0.39 is 0 Å². The molecule has 1 amide bonds. The lowest BCUT2D eigenvalue weighted by atomic mass is 10.2. The van der Waals surface area contributed by atoms with Crippen LogP contribution in [0.2, 0.25) is 0 Å². The SMILES string of the molecule is C[C@H]1NC(=S)N(c2ccc(-c3nccs3)cc2)C1=O. The molecule has 1 aliphatic heterocycles. The van der Waals surface area contributed by atoms with Gasteiger partial charge in [0.15, 0.2) is 5.11 Å². The summed E-state index contributed by atoms with van der Waals surface area (Å²) < 4.78 is 0. The lowest BCUT2D eigenvalue weighted by Gasteiger charge is -2.14. The minimum atomic E-state index is -0.258. The minimum absolute atomic E-state index is 0.0213. The highest BCUT2D eigenvalue weighted by Crippen LogP contribution is 2.26. The third-order valence-electron chi connectivity index (χ3n) is 2.94. The van der Waals surface area contributed by atoms with E-state index in [9.17, 15) is 4.79 Å². The van der Waals surface area contributed by atoms with Gasteiger partial charge in [0, 0.05) is 17.1 Å². The van der Waals surface area contributed by atoms with Crippen molar-refractivity contribution in [2.45, 2.75) is 13.0 Å². The Labute approximate surface area is 120 Å². The van der Waals surface area contributed by atoms with E-state index in [1.54, 1.807) is 24.5 Å². The molecule has 6 heteroatoms. The molecule has 1 N–H and O–H groups in total.